The van der Waals surface area contributed by atoms with Crippen LogP contribution in [0.4, 0.5) is 28.3 Å². The molecule has 0 amide bonds. The smallest absolute Gasteiger partial charge is 0.341 e. The van der Waals surface area contributed by atoms with Crippen LogP contribution in [0.1, 0.15) is 22.2 Å². The summed E-state index contributed by atoms with van der Waals surface area (Å²) in [6, 6.07) is 9.18. The number of thiocarbonyl (C=S) groups is 1. The van der Waals surface area contributed by atoms with E-state index in [2.05, 4.69) is 10.6 Å². The van der Waals surface area contributed by atoms with Gasteiger partial charge in [0.2, 0.25) is 0 Å². The van der Waals surface area contributed by atoms with Crippen LogP contribution in [0.5, 0.6) is 0 Å². The van der Waals surface area contributed by atoms with E-state index in [9.17, 15) is 22.4 Å². The number of carbonyl (C=O) groups is 1. The van der Waals surface area contributed by atoms with Gasteiger partial charge in [0.1, 0.15) is 16.3 Å². The number of aryl methyl sites for hydroxylation is 1. The number of anilines is 2. The van der Waals surface area contributed by atoms with Gasteiger partial charge in [0, 0.05) is 16.5 Å². The molecule has 0 saturated heterocycles. The fourth-order valence-electron chi connectivity index (χ4n) is 2.91. The van der Waals surface area contributed by atoms with Crippen LogP contribution in [0.2, 0.25) is 0 Å². The van der Waals surface area contributed by atoms with Gasteiger partial charge < -0.3 is 15.4 Å². The fraction of sp³-hybridized carbons (Fsp3) is 0.143. The molecular weight excluding hydrogens is 452 g/mol. The number of esters is 1. The molecule has 4 nitrogen and oxygen atoms in total. The van der Waals surface area contributed by atoms with E-state index in [1.807, 2.05) is 30.3 Å². The minimum atomic E-state index is -1.62. The summed E-state index contributed by atoms with van der Waals surface area (Å²) >= 11 is 6.23. The Morgan fingerprint density at radius 2 is 1.68 bits per heavy atom. The van der Waals surface area contributed by atoms with Gasteiger partial charge in [0.15, 0.2) is 28.4 Å². The molecule has 0 bridgehead atoms. The first-order valence-corrected chi connectivity index (χ1v) is 10.2. The van der Waals surface area contributed by atoms with Crippen LogP contribution in [0.15, 0.2) is 36.4 Å². The molecule has 10 heteroatoms. The lowest BCUT2D eigenvalue weighted by Crippen LogP contribution is -2.22. The van der Waals surface area contributed by atoms with E-state index in [1.54, 1.807) is 13.8 Å². The molecule has 0 fully saturated rings. The van der Waals surface area contributed by atoms with Crippen molar-refractivity contribution in [1.29, 1.82) is 0 Å². The average Bonchev–Trinajstić information content (AvgIpc) is 3.06. The molecule has 2 N–H and O–H groups in total. The van der Waals surface area contributed by atoms with Crippen molar-refractivity contribution in [1.82, 2.24) is 0 Å². The minimum Gasteiger partial charge on any atom is -0.462 e. The zero-order chi connectivity index (χ0) is 22.7. The molecule has 0 aliphatic heterocycles. The Morgan fingerprint density at radius 3 is 2.26 bits per heavy atom. The summed E-state index contributed by atoms with van der Waals surface area (Å²) in [7, 11) is 0. The van der Waals surface area contributed by atoms with E-state index >= 15 is 0 Å². The number of benzene rings is 2. The van der Waals surface area contributed by atoms with Crippen molar-refractivity contribution < 1.29 is 27.1 Å². The lowest BCUT2D eigenvalue weighted by atomic mass is 10.0. The summed E-state index contributed by atoms with van der Waals surface area (Å²) in [5.41, 5.74) is 0.481. The topological polar surface area (TPSA) is 50.4 Å². The zero-order valence-electron chi connectivity index (χ0n) is 16.3. The van der Waals surface area contributed by atoms with Gasteiger partial charge in [-0.3, -0.25) is 0 Å². The average molecular weight is 468 g/mol. The Bertz CT molecular complexity index is 1120. The molecule has 0 spiro atoms. The molecule has 0 aliphatic carbocycles. The molecule has 2 aromatic carbocycles. The van der Waals surface area contributed by atoms with Gasteiger partial charge in [-0.2, -0.15) is 0 Å². The summed E-state index contributed by atoms with van der Waals surface area (Å²) in [4.78, 5) is 13.4. The van der Waals surface area contributed by atoms with Crippen LogP contribution in [-0.4, -0.2) is 17.7 Å². The molecule has 31 heavy (non-hydrogen) atoms. The van der Waals surface area contributed by atoms with Crippen molar-refractivity contribution in [2.45, 2.75) is 13.8 Å². The number of rotatable bonds is 5. The van der Waals surface area contributed by atoms with Crippen molar-refractivity contribution in [2.24, 2.45) is 0 Å². The number of halogens is 4. The molecule has 1 heterocycles. The minimum absolute atomic E-state index is 0.0972. The van der Waals surface area contributed by atoms with E-state index in [0.717, 1.165) is 10.4 Å². The second-order valence-electron chi connectivity index (χ2n) is 6.25. The van der Waals surface area contributed by atoms with Crippen LogP contribution in [-0.2, 0) is 4.74 Å². The molecule has 3 aromatic rings. The van der Waals surface area contributed by atoms with Crippen molar-refractivity contribution in [3.8, 4) is 11.1 Å². The van der Waals surface area contributed by atoms with E-state index < -0.39 is 34.9 Å². The second-order valence-corrected chi connectivity index (χ2v) is 7.88. The van der Waals surface area contributed by atoms with Crippen molar-refractivity contribution in [3.63, 3.8) is 0 Å². The lowest BCUT2D eigenvalue weighted by Gasteiger charge is -2.13. The highest BCUT2D eigenvalue weighted by molar-refractivity contribution is 7.80. The molecule has 1 aromatic heterocycles. The second kappa shape index (κ2) is 9.44. The largest absolute Gasteiger partial charge is 0.462 e. The first-order valence-electron chi connectivity index (χ1n) is 9.01. The number of hydrogen-bond acceptors (Lipinski definition) is 4. The number of carbonyl (C=O) groups excluding carboxylic acids is 1. The molecule has 0 atom stereocenters. The molecule has 162 valence electrons. The molecule has 0 unspecified atom stereocenters. The van der Waals surface area contributed by atoms with Gasteiger partial charge in [0.25, 0.3) is 0 Å². The number of hydrogen-bond donors (Lipinski definition) is 2. The maximum atomic E-state index is 13.9. The predicted octanol–water partition coefficient (Wildman–Crippen LogP) is 6.27. The maximum Gasteiger partial charge on any atom is 0.341 e. The summed E-state index contributed by atoms with van der Waals surface area (Å²) in [5, 5.41) is 4.69. The molecule has 0 aliphatic rings. The van der Waals surface area contributed by atoms with E-state index in [-0.39, 0.29) is 28.4 Å². The van der Waals surface area contributed by atoms with Gasteiger partial charge in [-0.05, 0) is 31.6 Å². The normalized spacial score (nSPS) is 10.6. The van der Waals surface area contributed by atoms with Gasteiger partial charge in [-0.25, -0.2) is 22.4 Å². The van der Waals surface area contributed by atoms with Crippen LogP contribution < -0.4 is 10.6 Å². The van der Waals surface area contributed by atoms with E-state index in [4.69, 9.17) is 17.0 Å². The highest BCUT2D eigenvalue weighted by atomic mass is 32.1. The monoisotopic (exact) mass is 468 g/mol. The SMILES string of the molecule is CCOC(=O)c1c(NC(=S)Nc2c(F)c(F)cc(F)c2F)sc(C)c1-c1ccccc1. The van der Waals surface area contributed by atoms with Crippen LogP contribution in [0.25, 0.3) is 11.1 Å². The summed E-state index contributed by atoms with van der Waals surface area (Å²) in [5.74, 6) is -7.02. The third kappa shape index (κ3) is 4.70. The van der Waals surface area contributed by atoms with Crippen molar-refractivity contribution in [2.75, 3.05) is 17.2 Å². The van der Waals surface area contributed by atoms with Gasteiger partial charge in [-0.15, -0.1) is 11.3 Å². The highest BCUT2D eigenvalue weighted by Gasteiger charge is 2.26. The Balaban J connectivity index is 1.99. The maximum absolute atomic E-state index is 13.9. The fourth-order valence-corrected chi connectivity index (χ4v) is 4.25. The van der Waals surface area contributed by atoms with Crippen molar-refractivity contribution in [3.05, 3.63) is 70.1 Å². The molecular formula is C21H16F4N2O2S2. The highest BCUT2D eigenvalue weighted by Crippen LogP contribution is 2.40. The first kappa shape index (κ1) is 22.7. The Hall–Kier alpha value is -2.98. The number of ether oxygens (including phenoxy) is 1. The lowest BCUT2D eigenvalue weighted by molar-refractivity contribution is 0.0529. The van der Waals surface area contributed by atoms with Gasteiger partial charge in [0.05, 0.1) is 6.61 Å². The zero-order valence-corrected chi connectivity index (χ0v) is 17.9. The van der Waals surface area contributed by atoms with Crippen LogP contribution in [0.3, 0.4) is 0 Å². The first-order chi connectivity index (χ1) is 14.7. The number of nitrogens with one attached hydrogen (secondary N) is 2. The third-order valence-electron chi connectivity index (χ3n) is 4.20. The number of thiophene rings is 1. The van der Waals surface area contributed by atoms with Crippen LogP contribution >= 0.6 is 23.6 Å². The molecule has 3 rings (SSSR count). The standard InChI is InChI=1S/C21H16F4N2O2S2/c1-3-29-20(28)15-14(11-7-5-4-6-8-11)10(2)31-19(15)27-21(30)26-18-16(24)12(22)9-13(23)17(18)25/h4-9H,3H2,1-2H3,(H2,26,27,30). The van der Waals surface area contributed by atoms with Gasteiger partial charge >= 0.3 is 5.97 Å². The van der Waals surface area contributed by atoms with E-state index in [1.165, 1.54) is 11.3 Å². The summed E-state index contributed by atoms with van der Waals surface area (Å²) in [6.07, 6.45) is 0. The van der Waals surface area contributed by atoms with Crippen molar-refractivity contribution >= 4 is 45.3 Å². The quantitative estimate of drug-likeness (QED) is 0.200. The molecule has 0 saturated carbocycles. The Morgan fingerprint density at radius 1 is 1.06 bits per heavy atom. The van der Waals surface area contributed by atoms with Crippen LogP contribution in [0, 0.1) is 30.2 Å². The summed E-state index contributed by atoms with van der Waals surface area (Å²) in [6.45, 7) is 3.57. The Kier molecular flexibility index (Phi) is 6.91. The predicted molar refractivity (Wildman–Crippen MR) is 117 cm³/mol. The molecule has 0 radical (unpaired) electrons. The van der Waals surface area contributed by atoms with Gasteiger partial charge in [-0.1, -0.05) is 30.3 Å². The Labute approximate surface area is 184 Å². The third-order valence-corrected chi connectivity index (χ3v) is 5.43. The summed E-state index contributed by atoms with van der Waals surface area (Å²) < 4.78 is 59.9. The van der Waals surface area contributed by atoms with E-state index in [0.29, 0.717) is 5.56 Å².